The molecule has 0 saturated heterocycles. The topological polar surface area (TPSA) is 63.2 Å². The van der Waals surface area contributed by atoms with Gasteiger partial charge in [0.25, 0.3) is 0 Å². The van der Waals surface area contributed by atoms with Gasteiger partial charge in [-0.05, 0) is 48.2 Å². The molecule has 4 aromatic carbocycles. The zero-order valence-electron chi connectivity index (χ0n) is 26.4. The molecule has 0 atom stereocenters. The highest BCUT2D eigenvalue weighted by atomic mass is 32.1. The van der Waals surface area contributed by atoms with E-state index in [4.69, 9.17) is 0 Å². The molecule has 5 aromatic heterocycles. The van der Waals surface area contributed by atoms with Gasteiger partial charge in [0.05, 0.1) is 0 Å². The van der Waals surface area contributed by atoms with E-state index in [1.54, 1.807) is 0 Å². The van der Waals surface area contributed by atoms with Crippen molar-refractivity contribution in [1.29, 1.82) is 0 Å². The summed E-state index contributed by atoms with van der Waals surface area (Å²) in [5.74, 6) is 0. The molecule has 0 unspecified atom stereocenters. The monoisotopic (exact) mass is 626 g/mol. The quantitative estimate of drug-likeness (QED) is 0.142. The fourth-order valence-electron chi connectivity index (χ4n) is 7.54. The van der Waals surface area contributed by atoms with Crippen molar-refractivity contribution in [3.63, 3.8) is 0 Å². The summed E-state index contributed by atoms with van der Waals surface area (Å²) in [7, 11) is 0. The summed E-state index contributed by atoms with van der Waals surface area (Å²) in [6.45, 7) is 4.63. The largest absolute Gasteiger partial charge is 0.361 e. The first-order chi connectivity index (χ1) is 23.2. The lowest BCUT2D eigenvalue weighted by Crippen LogP contribution is -2.11. The molecule has 0 fully saturated rings. The van der Waals surface area contributed by atoms with Gasteiger partial charge in [0, 0.05) is 111 Å². The number of hydrogen-bond acceptors (Lipinski definition) is 1. The number of H-pyrrole nitrogens is 4. The minimum Gasteiger partial charge on any atom is -0.361 e. The molecule has 0 aliphatic heterocycles. The Kier molecular flexibility index (Phi) is 6.54. The molecule has 0 bridgehead atoms. The molecule has 5 heterocycles. The number of aromatic amines is 4. The second-order valence-corrected chi connectivity index (χ2v) is 13.2. The van der Waals surface area contributed by atoms with Gasteiger partial charge in [0.2, 0.25) is 0 Å². The van der Waals surface area contributed by atoms with Crippen molar-refractivity contribution in [2.24, 2.45) is 0 Å². The average Bonchev–Trinajstić information content (AvgIpc) is 3.96. The van der Waals surface area contributed by atoms with Crippen LogP contribution < -0.4 is 9.06 Å². The van der Waals surface area contributed by atoms with Crippen LogP contribution in [0.15, 0.2) is 122 Å². The summed E-state index contributed by atoms with van der Waals surface area (Å²) in [5, 5.41) is 4.95. The first-order valence-corrected chi connectivity index (χ1v) is 17.2. The first-order valence-electron chi connectivity index (χ1n) is 16.4. The predicted octanol–water partition coefficient (Wildman–Crippen LogP) is 9.29. The molecule has 9 rings (SSSR count). The molecule has 9 aromatic rings. The van der Waals surface area contributed by atoms with Crippen molar-refractivity contribution in [3.05, 3.63) is 164 Å². The molecule has 0 aliphatic rings. The van der Waals surface area contributed by atoms with E-state index in [1.165, 1.54) is 75.1 Å². The summed E-state index contributed by atoms with van der Waals surface area (Å²) in [5.41, 5.74) is 14.9. The van der Waals surface area contributed by atoms with Crippen molar-refractivity contribution in [2.45, 2.75) is 26.7 Å². The van der Waals surface area contributed by atoms with Crippen LogP contribution in [0, 0.1) is 0 Å². The lowest BCUT2D eigenvalue weighted by molar-refractivity contribution is 1.04. The number of hydrogen-bond donors (Lipinski definition) is 4. The summed E-state index contributed by atoms with van der Waals surface area (Å²) in [6.07, 6.45) is 10.7. The number of para-hydroxylation sites is 4. The Morgan fingerprint density at radius 3 is 0.979 bits per heavy atom. The lowest BCUT2D eigenvalue weighted by Gasteiger charge is -2.08. The highest BCUT2D eigenvalue weighted by Gasteiger charge is 2.23. The van der Waals surface area contributed by atoms with Gasteiger partial charge in [-0.1, -0.05) is 86.6 Å². The Labute approximate surface area is 276 Å². The minimum absolute atomic E-state index is 0.943. The number of rotatable bonds is 6. The third-order valence-electron chi connectivity index (χ3n) is 9.71. The first kappa shape index (κ1) is 27.8. The highest BCUT2D eigenvalue weighted by molar-refractivity contribution is 7.08. The van der Waals surface area contributed by atoms with E-state index >= 15 is 0 Å². The Morgan fingerprint density at radius 2 is 0.702 bits per heavy atom. The van der Waals surface area contributed by atoms with Crippen LogP contribution in [-0.4, -0.2) is 19.9 Å². The smallest absolute Gasteiger partial charge is 0.0460 e. The predicted molar refractivity (Wildman–Crippen MR) is 199 cm³/mol. The maximum absolute atomic E-state index is 3.59. The summed E-state index contributed by atoms with van der Waals surface area (Å²) < 4.78 is 2.68. The average molecular weight is 627 g/mol. The number of thiophene rings is 1. The second-order valence-electron chi connectivity index (χ2n) is 12.2. The van der Waals surface area contributed by atoms with Crippen LogP contribution in [0.3, 0.4) is 0 Å². The molecule has 0 amide bonds. The van der Waals surface area contributed by atoms with Gasteiger partial charge in [-0.3, -0.25) is 0 Å². The summed E-state index contributed by atoms with van der Waals surface area (Å²) in [4.78, 5) is 14.4. The van der Waals surface area contributed by atoms with E-state index < -0.39 is 0 Å². The van der Waals surface area contributed by atoms with Crippen LogP contribution in [0.1, 0.15) is 47.2 Å². The Morgan fingerprint density at radius 1 is 0.426 bits per heavy atom. The minimum atomic E-state index is 0.943. The van der Waals surface area contributed by atoms with E-state index in [1.807, 2.05) is 11.3 Å². The van der Waals surface area contributed by atoms with E-state index in [9.17, 15) is 0 Å². The zero-order valence-corrected chi connectivity index (χ0v) is 27.2. The van der Waals surface area contributed by atoms with Gasteiger partial charge in [-0.15, -0.1) is 11.3 Å². The van der Waals surface area contributed by atoms with Crippen LogP contribution in [0.4, 0.5) is 0 Å². The molecule has 0 spiro atoms. The van der Waals surface area contributed by atoms with Crippen LogP contribution in [0.2, 0.25) is 0 Å². The van der Waals surface area contributed by atoms with Crippen molar-refractivity contribution in [1.82, 2.24) is 19.9 Å². The second kappa shape index (κ2) is 11.1. The van der Waals surface area contributed by atoms with E-state index in [2.05, 4.69) is 156 Å². The fraction of sp³-hybridized carbons (Fsp3) is 0.0952. The lowest BCUT2D eigenvalue weighted by atomic mass is 9.93. The molecule has 5 heteroatoms. The van der Waals surface area contributed by atoms with Gasteiger partial charge in [0.15, 0.2) is 0 Å². The number of benzene rings is 4. The van der Waals surface area contributed by atoms with E-state index in [0.717, 1.165) is 34.9 Å². The highest BCUT2D eigenvalue weighted by Crippen LogP contribution is 2.36. The Hall–Kier alpha value is -5.52. The third-order valence-corrected chi connectivity index (χ3v) is 11.0. The summed E-state index contributed by atoms with van der Waals surface area (Å²) in [6, 6.07) is 34.6. The van der Waals surface area contributed by atoms with Gasteiger partial charge < -0.3 is 19.9 Å². The van der Waals surface area contributed by atoms with Crippen molar-refractivity contribution < 1.29 is 0 Å². The van der Waals surface area contributed by atoms with Crippen molar-refractivity contribution in [2.75, 3.05) is 0 Å². The maximum atomic E-state index is 3.59. The molecule has 0 radical (unpaired) electrons. The number of fused-ring (bicyclic) bond motifs is 4. The fourth-order valence-corrected chi connectivity index (χ4v) is 9.17. The molecule has 228 valence electrons. The Bertz CT molecular complexity index is 2390. The molecule has 4 N–H and O–H groups in total. The molecular weight excluding hydrogens is 593 g/mol. The maximum Gasteiger partial charge on any atom is 0.0460 e. The SMILES string of the molecule is CCc1c(CC)c(=C(c2c[nH]c3ccccc23)c2c[nH]c3ccccc23)sc1=C(c1c[nH]c2ccccc12)c1c[nH]c2ccccc12. The molecule has 0 saturated carbocycles. The van der Waals surface area contributed by atoms with Gasteiger partial charge in [-0.25, -0.2) is 0 Å². The van der Waals surface area contributed by atoms with Crippen LogP contribution in [0.5, 0.6) is 0 Å². The molecular formula is C42H34N4S. The van der Waals surface area contributed by atoms with Gasteiger partial charge in [0.1, 0.15) is 0 Å². The molecule has 47 heavy (non-hydrogen) atoms. The Balaban J connectivity index is 1.51. The standard InChI is InChI=1S/C42H34N4S/c1-3-25-26(4-2)42(40(33-23-45-37-19-11-7-15-29(33)37)34-24-46-38-20-12-8-16-30(34)38)47-41(25)39(31-21-43-35-17-9-5-13-27(31)35)32-22-44-36-18-10-6-14-28(32)36/h5-24,43-46H,3-4H2,1-2H3. The van der Waals surface area contributed by atoms with Gasteiger partial charge in [-0.2, -0.15) is 0 Å². The van der Waals surface area contributed by atoms with E-state index in [-0.39, 0.29) is 0 Å². The van der Waals surface area contributed by atoms with Crippen molar-refractivity contribution in [3.8, 4) is 0 Å². The van der Waals surface area contributed by atoms with Gasteiger partial charge >= 0.3 is 0 Å². The van der Waals surface area contributed by atoms with Crippen LogP contribution >= 0.6 is 11.3 Å². The molecule has 0 aliphatic carbocycles. The van der Waals surface area contributed by atoms with Crippen LogP contribution in [-0.2, 0) is 12.8 Å². The third kappa shape index (κ3) is 4.27. The summed E-state index contributed by atoms with van der Waals surface area (Å²) >= 11 is 1.95. The van der Waals surface area contributed by atoms with Crippen molar-refractivity contribution >= 4 is 66.1 Å². The molecule has 4 nitrogen and oxygen atoms in total. The number of aromatic nitrogens is 4. The normalized spacial score (nSPS) is 11.8. The number of nitrogens with one attached hydrogen (secondary N) is 4. The van der Waals surface area contributed by atoms with E-state index in [0.29, 0.717) is 0 Å². The van der Waals surface area contributed by atoms with Crippen LogP contribution in [0.25, 0.3) is 54.8 Å². The zero-order chi connectivity index (χ0) is 31.5.